The number of benzene rings is 1. The highest BCUT2D eigenvalue weighted by atomic mass is 16.5. The monoisotopic (exact) mass is 158 g/mol. The van der Waals surface area contributed by atoms with Crippen LogP contribution in [0.25, 0.3) is 10.8 Å². The molecule has 0 bridgehead atoms. The molecule has 0 spiro atoms. The molecule has 0 N–H and O–H groups in total. The molecule has 0 aliphatic heterocycles. The van der Waals surface area contributed by atoms with Gasteiger partial charge in [-0.1, -0.05) is 0 Å². The SMILES string of the molecule is COc1c[c]c2ccncc2c1. The van der Waals surface area contributed by atoms with Crippen molar-refractivity contribution in [2.45, 2.75) is 0 Å². The molecule has 0 aliphatic carbocycles. The van der Waals surface area contributed by atoms with Gasteiger partial charge in [0.05, 0.1) is 7.11 Å². The lowest BCUT2D eigenvalue weighted by molar-refractivity contribution is 0.415. The van der Waals surface area contributed by atoms with Crippen molar-refractivity contribution in [3.05, 3.63) is 36.7 Å². The summed E-state index contributed by atoms with van der Waals surface area (Å²) < 4.78 is 5.06. The predicted octanol–water partition coefficient (Wildman–Crippen LogP) is 2.04. The first-order valence-electron chi connectivity index (χ1n) is 3.69. The minimum absolute atomic E-state index is 0.815. The minimum Gasteiger partial charge on any atom is -0.497 e. The molecule has 2 nitrogen and oxygen atoms in total. The van der Waals surface area contributed by atoms with Crippen LogP contribution in [0.3, 0.4) is 0 Å². The quantitative estimate of drug-likeness (QED) is 0.633. The van der Waals surface area contributed by atoms with Gasteiger partial charge in [-0.3, -0.25) is 4.98 Å². The van der Waals surface area contributed by atoms with Gasteiger partial charge < -0.3 is 4.74 Å². The molecule has 0 atom stereocenters. The second-order valence-electron chi connectivity index (χ2n) is 2.50. The Morgan fingerprint density at radius 2 is 2.42 bits per heavy atom. The fourth-order valence-electron chi connectivity index (χ4n) is 1.11. The number of nitrogens with zero attached hydrogens (tertiary/aromatic N) is 1. The van der Waals surface area contributed by atoms with Gasteiger partial charge in [0.1, 0.15) is 5.75 Å². The lowest BCUT2D eigenvalue weighted by Gasteiger charge is -2.00. The number of pyridine rings is 1. The number of ether oxygens (including phenoxy) is 1. The number of aromatic nitrogens is 1. The number of hydrogen-bond donors (Lipinski definition) is 0. The molecule has 1 aromatic carbocycles. The van der Waals surface area contributed by atoms with Crippen molar-refractivity contribution < 1.29 is 4.74 Å². The molecule has 0 saturated carbocycles. The minimum atomic E-state index is 0.815. The molecule has 12 heavy (non-hydrogen) atoms. The molecule has 2 rings (SSSR count). The molecule has 1 aromatic heterocycles. The van der Waals surface area contributed by atoms with E-state index in [1.165, 1.54) is 0 Å². The third-order valence-electron chi connectivity index (χ3n) is 1.76. The molecule has 0 aliphatic rings. The van der Waals surface area contributed by atoms with Crippen LogP contribution >= 0.6 is 0 Å². The van der Waals surface area contributed by atoms with Gasteiger partial charge in [0.15, 0.2) is 0 Å². The number of hydrogen-bond acceptors (Lipinski definition) is 2. The van der Waals surface area contributed by atoms with Crippen LogP contribution in [-0.4, -0.2) is 12.1 Å². The zero-order valence-corrected chi connectivity index (χ0v) is 6.74. The molecule has 0 amide bonds. The Morgan fingerprint density at radius 3 is 3.25 bits per heavy atom. The lowest BCUT2D eigenvalue weighted by atomic mass is 10.2. The average Bonchev–Trinajstić information content (AvgIpc) is 2.17. The fourth-order valence-corrected chi connectivity index (χ4v) is 1.11. The van der Waals surface area contributed by atoms with Crippen molar-refractivity contribution in [3.8, 4) is 5.75 Å². The van der Waals surface area contributed by atoms with E-state index in [0.29, 0.717) is 0 Å². The highest BCUT2D eigenvalue weighted by Gasteiger charge is 1.94. The van der Waals surface area contributed by atoms with E-state index in [4.69, 9.17) is 4.74 Å². The standard InChI is InChI=1S/C10H8NO/c1-12-10-3-2-8-4-5-11-7-9(8)6-10/h3-7H,1H3. The normalized spacial score (nSPS) is 10.1. The third-order valence-corrected chi connectivity index (χ3v) is 1.76. The van der Waals surface area contributed by atoms with Crippen molar-refractivity contribution in [2.24, 2.45) is 0 Å². The summed E-state index contributed by atoms with van der Waals surface area (Å²) in [5.74, 6) is 0.815. The number of rotatable bonds is 1. The molecule has 0 fully saturated rings. The van der Waals surface area contributed by atoms with Gasteiger partial charge >= 0.3 is 0 Å². The highest BCUT2D eigenvalue weighted by molar-refractivity contribution is 5.82. The van der Waals surface area contributed by atoms with E-state index < -0.39 is 0 Å². The van der Waals surface area contributed by atoms with Gasteiger partial charge in [0.2, 0.25) is 0 Å². The topological polar surface area (TPSA) is 22.1 Å². The Morgan fingerprint density at radius 1 is 1.50 bits per heavy atom. The van der Waals surface area contributed by atoms with Crippen LogP contribution in [0.1, 0.15) is 0 Å². The molecule has 1 heterocycles. The second-order valence-corrected chi connectivity index (χ2v) is 2.50. The molecular weight excluding hydrogens is 150 g/mol. The van der Waals surface area contributed by atoms with Crippen LogP contribution < -0.4 is 4.74 Å². The maximum atomic E-state index is 5.06. The van der Waals surface area contributed by atoms with Crippen LogP contribution in [0.4, 0.5) is 0 Å². The molecule has 59 valence electrons. The van der Waals surface area contributed by atoms with Gasteiger partial charge in [-0.2, -0.15) is 0 Å². The highest BCUT2D eigenvalue weighted by Crippen LogP contribution is 2.18. The van der Waals surface area contributed by atoms with Crippen LogP contribution in [0.2, 0.25) is 0 Å². The van der Waals surface area contributed by atoms with Gasteiger partial charge in [-0.25, -0.2) is 0 Å². The zero-order valence-electron chi connectivity index (χ0n) is 6.74. The first-order valence-corrected chi connectivity index (χ1v) is 3.69. The second kappa shape index (κ2) is 2.81. The first-order chi connectivity index (χ1) is 5.90. The summed E-state index contributed by atoms with van der Waals surface area (Å²) >= 11 is 0. The summed E-state index contributed by atoms with van der Waals surface area (Å²) in [6.45, 7) is 0. The first kappa shape index (κ1) is 7.10. The summed E-state index contributed by atoms with van der Waals surface area (Å²) in [7, 11) is 1.64. The Labute approximate surface area is 70.8 Å². The molecule has 0 unspecified atom stereocenters. The number of methoxy groups -OCH3 is 1. The maximum absolute atomic E-state index is 5.06. The van der Waals surface area contributed by atoms with Crippen LogP contribution in [0.5, 0.6) is 5.75 Å². The Bertz CT molecular complexity index is 398. The van der Waals surface area contributed by atoms with E-state index in [-0.39, 0.29) is 0 Å². The summed E-state index contributed by atoms with van der Waals surface area (Å²) in [6, 6.07) is 8.80. The van der Waals surface area contributed by atoms with E-state index in [1.807, 2.05) is 18.2 Å². The largest absolute Gasteiger partial charge is 0.497 e. The van der Waals surface area contributed by atoms with Gasteiger partial charge in [0.25, 0.3) is 0 Å². The summed E-state index contributed by atoms with van der Waals surface area (Å²) in [4.78, 5) is 4.01. The van der Waals surface area contributed by atoms with Gasteiger partial charge in [0, 0.05) is 17.8 Å². The van der Waals surface area contributed by atoms with E-state index in [9.17, 15) is 0 Å². The molecular formula is C10H8NO. The van der Waals surface area contributed by atoms with Crippen molar-refractivity contribution in [2.75, 3.05) is 7.11 Å². The third kappa shape index (κ3) is 1.11. The van der Waals surface area contributed by atoms with E-state index in [1.54, 1.807) is 19.5 Å². The summed E-state index contributed by atoms with van der Waals surface area (Å²) in [5.41, 5.74) is 0. The molecule has 2 heteroatoms. The fraction of sp³-hybridized carbons (Fsp3) is 0.100. The van der Waals surface area contributed by atoms with Gasteiger partial charge in [-0.05, 0) is 29.7 Å². The van der Waals surface area contributed by atoms with Gasteiger partial charge in [-0.15, -0.1) is 0 Å². The van der Waals surface area contributed by atoms with Crippen LogP contribution in [0.15, 0.2) is 30.6 Å². The summed E-state index contributed by atoms with van der Waals surface area (Å²) in [6.07, 6.45) is 3.56. The number of fused-ring (bicyclic) bond motifs is 1. The van der Waals surface area contributed by atoms with E-state index >= 15 is 0 Å². The van der Waals surface area contributed by atoms with Crippen molar-refractivity contribution in [1.29, 1.82) is 0 Å². The molecule has 2 aromatic rings. The van der Waals surface area contributed by atoms with E-state index in [0.717, 1.165) is 16.5 Å². The van der Waals surface area contributed by atoms with E-state index in [2.05, 4.69) is 11.1 Å². The van der Waals surface area contributed by atoms with Crippen molar-refractivity contribution in [3.63, 3.8) is 0 Å². The zero-order chi connectivity index (χ0) is 8.39. The smallest absolute Gasteiger partial charge is 0.120 e. The Kier molecular flexibility index (Phi) is 1.67. The predicted molar refractivity (Wildman–Crippen MR) is 47.1 cm³/mol. The Hall–Kier alpha value is -1.57. The van der Waals surface area contributed by atoms with Crippen LogP contribution in [-0.2, 0) is 0 Å². The van der Waals surface area contributed by atoms with Crippen molar-refractivity contribution in [1.82, 2.24) is 4.98 Å². The maximum Gasteiger partial charge on any atom is 0.120 e. The Balaban J connectivity index is 2.67. The molecule has 0 saturated heterocycles. The molecule has 1 radical (unpaired) electrons. The average molecular weight is 158 g/mol. The van der Waals surface area contributed by atoms with Crippen molar-refractivity contribution >= 4 is 10.8 Å². The summed E-state index contributed by atoms with van der Waals surface area (Å²) in [5, 5.41) is 2.11. The van der Waals surface area contributed by atoms with Crippen LogP contribution in [0, 0.1) is 6.07 Å². The lowest BCUT2D eigenvalue weighted by Crippen LogP contribution is -1.82.